The van der Waals surface area contributed by atoms with Crippen molar-refractivity contribution in [2.45, 2.75) is 32.1 Å². The second-order valence-electron chi connectivity index (χ2n) is 8.12. The van der Waals surface area contributed by atoms with E-state index in [1.165, 1.54) is 0 Å². The van der Waals surface area contributed by atoms with Crippen molar-refractivity contribution in [2.75, 3.05) is 19.6 Å². The van der Waals surface area contributed by atoms with Crippen LogP contribution in [0.1, 0.15) is 31.9 Å². The number of hydrogen-bond donors (Lipinski definition) is 1. The highest BCUT2D eigenvalue weighted by Crippen LogP contribution is 2.22. The predicted molar refractivity (Wildman–Crippen MR) is 119 cm³/mol. The van der Waals surface area contributed by atoms with E-state index < -0.39 is 5.92 Å². The lowest BCUT2D eigenvalue weighted by Crippen LogP contribution is -2.43. The third-order valence-electron chi connectivity index (χ3n) is 5.42. The molecule has 6 nitrogen and oxygen atoms in total. The summed E-state index contributed by atoms with van der Waals surface area (Å²) in [5.41, 5.74) is 2.93. The number of amides is 1. The maximum atomic E-state index is 13.2. The van der Waals surface area contributed by atoms with Crippen molar-refractivity contribution in [2.24, 2.45) is 18.0 Å². The topological polar surface area (TPSA) is 62.5 Å². The summed E-state index contributed by atoms with van der Waals surface area (Å²) in [7, 11) is 1.93. The number of carbonyl (C=O) groups is 1. The SMILES string of the molecule is C=C/C(=C\C=C1\C=NC(NC(=O)C2CCN(CC(C)(F)F)CC2)=CC1)c1cncn1C. The number of nitrogens with one attached hydrogen (secondary N) is 1. The number of alkyl halides is 2. The van der Waals surface area contributed by atoms with E-state index in [0.29, 0.717) is 38.2 Å². The molecule has 1 saturated heterocycles. The zero-order valence-electron chi connectivity index (χ0n) is 18.0. The van der Waals surface area contributed by atoms with Crippen LogP contribution in [0.5, 0.6) is 0 Å². The van der Waals surface area contributed by atoms with Crippen LogP contribution in [0.25, 0.3) is 5.57 Å². The number of aliphatic imine (C=N–C) groups is 1. The molecule has 0 aliphatic carbocycles. The molecule has 1 fully saturated rings. The van der Waals surface area contributed by atoms with E-state index >= 15 is 0 Å². The van der Waals surface area contributed by atoms with Gasteiger partial charge in [0.2, 0.25) is 5.91 Å². The number of piperidine rings is 1. The monoisotopic (exact) mass is 429 g/mol. The zero-order valence-corrected chi connectivity index (χ0v) is 18.0. The van der Waals surface area contributed by atoms with Crippen LogP contribution in [0.15, 0.2) is 59.8 Å². The number of imidazole rings is 1. The molecule has 0 radical (unpaired) electrons. The Morgan fingerprint density at radius 3 is 2.68 bits per heavy atom. The fraction of sp³-hybridized carbons (Fsp3) is 0.435. The molecule has 3 heterocycles. The van der Waals surface area contributed by atoms with E-state index in [-0.39, 0.29) is 18.4 Å². The van der Waals surface area contributed by atoms with Gasteiger partial charge in [-0.05, 0) is 49.6 Å². The molecule has 0 spiro atoms. The first kappa shape index (κ1) is 22.8. The second-order valence-corrected chi connectivity index (χ2v) is 8.12. The summed E-state index contributed by atoms with van der Waals surface area (Å²) < 4.78 is 28.2. The average molecular weight is 430 g/mol. The smallest absolute Gasteiger partial charge is 0.257 e. The predicted octanol–water partition coefficient (Wildman–Crippen LogP) is 3.72. The van der Waals surface area contributed by atoms with Crippen LogP contribution >= 0.6 is 0 Å². The molecule has 0 aromatic carbocycles. The van der Waals surface area contributed by atoms with Gasteiger partial charge in [-0.15, -0.1) is 0 Å². The number of aromatic nitrogens is 2. The summed E-state index contributed by atoms with van der Waals surface area (Å²) in [6.07, 6.45) is 14.7. The van der Waals surface area contributed by atoms with Gasteiger partial charge >= 0.3 is 0 Å². The molecule has 0 saturated carbocycles. The standard InChI is InChI=1S/C23H29F2N5O/c1-4-18(20-14-26-16-29(20)3)7-5-17-6-8-21(27-13-17)28-22(31)19-9-11-30(12-10-19)15-23(2,24)25/h4-5,7-8,13-14,16,19H,1,6,9-12,15H2,2-3H3,(H,28,31)/b17-5+,18-7+. The van der Waals surface area contributed by atoms with E-state index in [2.05, 4.69) is 21.9 Å². The van der Waals surface area contributed by atoms with Crippen molar-refractivity contribution in [3.05, 3.63) is 60.5 Å². The first-order valence-corrected chi connectivity index (χ1v) is 10.4. The highest BCUT2D eigenvalue weighted by Gasteiger charge is 2.30. The summed E-state index contributed by atoms with van der Waals surface area (Å²) >= 11 is 0. The van der Waals surface area contributed by atoms with Gasteiger partial charge in [0, 0.05) is 26.1 Å². The van der Waals surface area contributed by atoms with E-state index in [1.54, 1.807) is 29.7 Å². The number of hydrogen-bond acceptors (Lipinski definition) is 4. The maximum absolute atomic E-state index is 13.2. The number of likely N-dealkylation sites (tertiary alicyclic amines) is 1. The highest BCUT2D eigenvalue weighted by atomic mass is 19.3. The zero-order chi connectivity index (χ0) is 22.4. The van der Waals surface area contributed by atoms with Gasteiger partial charge < -0.3 is 9.88 Å². The van der Waals surface area contributed by atoms with Crippen LogP contribution in [-0.4, -0.2) is 52.1 Å². The van der Waals surface area contributed by atoms with E-state index in [0.717, 1.165) is 23.8 Å². The minimum atomic E-state index is -2.71. The summed E-state index contributed by atoms with van der Waals surface area (Å²) in [5, 5.41) is 2.87. The first-order chi connectivity index (χ1) is 14.7. The van der Waals surface area contributed by atoms with E-state index in [1.807, 2.05) is 29.8 Å². The van der Waals surface area contributed by atoms with Gasteiger partial charge in [0.25, 0.3) is 5.92 Å². The van der Waals surface area contributed by atoms with Gasteiger partial charge in [-0.1, -0.05) is 24.8 Å². The number of halogens is 2. The van der Waals surface area contributed by atoms with Crippen molar-refractivity contribution >= 4 is 17.7 Å². The van der Waals surface area contributed by atoms with Crippen molar-refractivity contribution < 1.29 is 13.6 Å². The summed E-state index contributed by atoms with van der Waals surface area (Å²) in [6.45, 7) is 5.54. The third-order valence-corrected chi connectivity index (χ3v) is 5.42. The Labute approximate surface area is 181 Å². The average Bonchev–Trinajstić information content (AvgIpc) is 3.15. The summed E-state index contributed by atoms with van der Waals surface area (Å²) in [5.74, 6) is -2.44. The van der Waals surface area contributed by atoms with E-state index in [4.69, 9.17) is 0 Å². The molecule has 0 bridgehead atoms. The Balaban J connectivity index is 1.51. The molecule has 2 aliphatic heterocycles. The molecule has 31 heavy (non-hydrogen) atoms. The largest absolute Gasteiger partial charge is 0.334 e. The van der Waals surface area contributed by atoms with Crippen LogP contribution < -0.4 is 5.32 Å². The lowest BCUT2D eigenvalue weighted by molar-refractivity contribution is -0.126. The van der Waals surface area contributed by atoms with Crippen molar-refractivity contribution in [1.29, 1.82) is 0 Å². The van der Waals surface area contributed by atoms with E-state index in [9.17, 15) is 13.6 Å². The van der Waals surface area contributed by atoms with Gasteiger partial charge in [0.15, 0.2) is 0 Å². The van der Waals surface area contributed by atoms with Crippen molar-refractivity contribution in [3.63, 3.8) is 0 Å². The second kappa shape index (κ2) is 9.96. The third kappa shape index (κ3) is 6.55. The van der Waals surface area contributed by atoms with Crippen molar-refractivity contribution in [3.8, 4) is 0 Å². The molecule has 1 aromatic heterocycles. The molecule has 2 aliphatic rings. The molecule has 0 atom stereocenters. The van der Waals surface area contributed by atoms with Crippen LogP contribution in [0.2, 0.25) is 0 Å². The Morgan fingerprint density at radius 2 is 2.13 bits per heavy atom. The lowest BCUT2D eigenvalue weighted by atomic mass is 9.95. The van der Waals surface area contributed by atoms with Crippen molar-refractivity contribution in [1.82, 2.24) is 19.8 Å². The molecule has 166 valence electrons. The Kier molecular flexibility index (Phi) is 7.33. The first-order valence-electron chi connectivity index (χ1n) is 10.4. The van der Waals surface area contributed by atoms with Gasteiger partial charge in [0.1, 0.15) is 5.82 Å². The van der Waals surface area contributed by atoms with Gasteiger partial charge in [-0.2, -0.15) is 0 Å². The molecule has 1 amide bonds. The highest BCUT2D eigenvalue weighted by molar-refractivity contribution is 5.85. The number of aryl methyl sites for hydroxylation is 1. The fourth-order valence-corrected chi connectivity index (χ4v) is 3.73. The normalized spacial score (nSPS) is 20.1. The van der Waals surface area contributed by atoms with Crippen LogP contribution in [-0.2, 0) is 11.8 Å². The van der Waals surface area contributed by atoms with Crippen LogP contribution in [0.3, 0.4) is 0 Å². The molecule has 1 aromatic rings. The lowest BCUT2D eigenvalue weighted by Gasteiger charge is -2.32. The fourth-order valence-electron chi connectivity index (χ4n) is 3.73. The van der Waals surface area contributed by atoms with Gasteiger partial charge in [-0.3, -0.25) is 9.69 Å². The Bertz CT molecular complexity index is 928. The number of nitrogens with zero attached hydrogens (tertiary/aromatic N) is 4. The van der Waals surface area contributed by atoms with Gasteiger partial charge in [0.05, 0.1) is 24.8 Å². The Hall–Kier alpha value is -2.87. The molecule has 8 heteroatoms. The van der Waals surface area contributed by atoms with Crippen LogP contribution in [0.4, 0.5) is 8.78 Å². The molecule has 0 unspecified atom stereocenters. The molecular weight excluding hydrogens is 400 g/mol. The maximum Gasteiger partial charge on any atom is 0.257 e. The minimum Gasteiger partial charge on any atom is -0.334 e. The number of rotatable bonds is 7. The number of carbonyl (C=O) groups excluding carboxylic acids is 1. The molecule has 3 rings (SSSR count). The van der Waals surface area contributed by atoms with Crippen LogP contribution in [0, 0.1) is 5.92 Å². The van der Waals surface area contributed by atoms with Gasteiger partial charge in [-0.25, -0.2) is 18.8 Å². The molecule has 1 N–H and O–H groups in total. The molecular formula is C23H29F2N5O. The summed E-state index contributed by atoms with van der Waals surface area (Å²) in [6, 6.07) is 0. The quantitative estimate of drug-likeness (QED) is 0.672. The number of allylic oxidation sites excluding steroid dienone is 6. The summed E-state index contributed by atoms with van der Waals surface area (Å²) in [4.78, 5) is 22.7. The minimum absolute atomic E-state index is 0.0937. The Morgan fingerprint density at radius 1 is 1.39 bits per heavy atom.